The predicted molar refractivity (Wildman–Crippen MR) is 276 cm³/mol. The number of nitriles is 2. The largest absolute Gasteiger partial charge is 0.494 e. The summed E-state index contributed by atoms with van der Waals surface area (Å²) >= 11 is 0. The van der Waals surface area contributed by atoms with Crippen LogP contribution in [0.2, 0.25) is 0 Å². The van der Waals surface area contributed by atoms with Crippen molar-refractivity contribution < 1.29 is 35.6 Å². The monoisotopic (exact) mass is 1010 g/mol. The van der Waals surface area contributed by atoms with Gasteiger partial charge < -0.3 is 14.5 Å². The predicted octanol–water partition coefficient (Wildman–Crippen LogP) is 10.5. The number of hydrogen-bond acceptors (Lipinski definition) is 9. The van der Waals surface area contributed by atoms with Crippen LogP contribution in [0.4, 0.5) is 15.8 Å². The maximum atomic E-state index is 14.5. The van der Waals surface area contributed by atoms with E-state index in [-0.39, 0.29) is 33.7 Å². The summed E-state index contributed by atoms with van der Waals surface area (Å²) in [5.41, 5.74) is 5.78. The molecule has 13 nitrogen and oxygen atoms in total. The van der Waals surface area contributed by atoms with E-state index < -0.39 is 31.8 Å². The first kappa shape index (κ1) is 52.3. The molecule has 0 radical (unpaired) electrons. The highest BCUT2D eigenvalue weighted by molar-refractivity contribution is 7.92. The Hall–Kier alpha value is -7.53. The molecule has 8 rings (SSSR count). The van der Waals surface area contributed by atoms with Gasteiger partial charge in [0.25, 0.3) is 21.8 Å². The molecule has 0 spiro atoms. The Morgan fingerprint density at radius 1 is 0.653 bits per heavy atom. The number of ether oxygens (including phenoxy) is 1. The molecule has 6 aromatic carbocycles. The van der Waals surface area contributed by atoms with Crippen LogP contribution in [0.5, 0.6) is 5.75 Å². The highest BCUT2D eigenvalue weighted by Gasteiger charge is 2.28. The minimum absolute atomic E-state index is 0.101. The first-order valence-corrected chi connectivity index (χ1v) is 27.1. The van der Waals surface area contributed by atoms with Gasteiger partial charge in [0.15, 0.2) is 0 Å². The number of carbonyl (C=O) groups is 2. The van der Waals surface area contributed by atoms with Crippen LogP contribution in [-0.2, 0) is 25.8 Å². The van der Waals surface area contributed by atoms with E-state index >= 15 is 0 Å². The molecule has 6 aromatic rings. The lowest BCUT2D eigenvalue weighted by Gasteiger charge is -2.32. The van der Waals surface area contributed by atoms with Gasteiger partial charge in [0, 0.05) is 43.1 Å². The molecule has 2 fully saturated rings. The van der Waals surface area contributed by atoms with E-state index in [1.54, 1.807) is 77.7 Å². The Morgan fingerprint density at radius 3 is 1.68 bits per heavy atom. The molecule has 2 heterocycles. The lowest BCUT2D eigenvalue weighted by molar-refractivity contribution is 0.0702. The average Bonchev–Trinajstić information content (AvgIpc) is 3.40. The first-order chi connectivity index (χ1) is 34.6. The molecule has 0 aromatic heterocycles. The molecule has 2 amide bonds. The minimum Gasteiger partial charge on any atom is -0.494 e. The van der Waals surface area contributed by atoms with Gasteiger partial charge in [-0.2, -0.15) is 10.5 Å². The van der Waals surface area contributed by atoms with Gasteiger partial charge in [-0.25, -0.2) is 21.2 Å². The van der Waals surface area contributed by atoms with Crippen molar-refractivity contribution in [1.29, 1.82) is 10.5 Å². The number of rotatable bonds is 15. The third-order valence-corrected chi connectivity index (χ3v) is 15.5. The van der Waals surface area contributed by atoms with Gasteiger partial charge in [0.05, 0.1) is 46.1 Å². The number of carbonyl (C=O) groups excluding carboxylic acids is 2. The van der Waals surface area contributed by atoms with Gasteiger partial charge in [-0.05, 0) is 152 Å². The molecule has 0 aliphatic carbocycles. The maximum absolute atomic E-state index is 14.5. The van der Waals surface area contributed by atoms with Crippen LogP contribution in [0.1, 0.15) is 111 Å². The first-order valence-electron chi connectivity index (χ1n) is 23.9. The zero-order valence-electron chi connectivity index (χ0n) is 40.3. The highest BCUT2D eigenvalue weighted by Crippen LogP contribution is 2.32. The molecule has 0 bridgehead atoms. The second kappa shape index (κ2) is 24.1. The lowest BCUT2D eigenvalue weighted by Crippen LogP contribution is -2.38. The van der Waals surface area contributed by atoms with Gasteiger partial charge in [-0.15, -0.1) is 0 Å². The number of unbranched alkanes of at least 4 members (excludes halogenated alkanes) is 1. The maximum Gasteiger partial charge on any atom is 0.261 e. The van der Waals surface area contributed by atoms with E-state index in [0.717, 1.165) is 55.7 Å². The second-order valence-corrected chi connectivity index (χ2v) is 21.4. The molecule has 2 saturated heterocycles. The zero-order chi connectivity index (χ0) is 51.3. The van der Waals surface area contributed by atoms with Gasteiger partial charge in [0.2, 0.25) is 10.0 Å². The summed E-state index contributed by atoms with van der Waals surface area (Å²) in [4.78, 5) is 30.0. The Morgan fingerprint density at radius 2 is 1.15 bits per heavy atom. The number of nitrogens with zero attached hydrogens (tertiary/aromatic N) is 4. The summed E-state index contributed by atoms with van der Waals surface area (Å²) < 4.78 is 76.2. The fraction of sp³-hybridized carbons (Fsp3) is 0.286. The van der Waals surface area contributed by atoms with E-state index in [4.69, 9.17) is 15.3 Å². The van der Waals surface area contributed by atoms with Gasteiger partial charge in [-0.1, -0.05) is 74.0 Å². The van der Waals surface area contributed by atoms with E-state index in [1.165, 1.54) is 29.8 Å². The summed E-state index contributed by atoms with van der Waals surface area (Å²) in [6.45, 7) is 6.69. The topological polar surface area (TPSA) is 190 Å². The van der Waals surface area contributed by atoms with E-state index in [0.29, 0.717) is 72.4 Å². The summed E-state index contributed by atoms with van der Waals surface area (Å²) in [7, 11) is -7.56. The molecular formula is C56H57FN6O7S2. The van der Waals surface area contributed by atoms with Crippen LogP contribution in [0.15, 0.2) is 144 Å². The average molecular weight is 1010 g/mol. The van der Waals surface area contributed by atoms with E-state index in [9.17, 15) is 30.8 Å². The summed E-state index contributed by atoms with van der Waals surface area (Å²) in [5.74, 6) is -0.242. The number of benzene rings is 6. The number of likely N-dealkylation sites (tertiary alicyclic amines) is 2. The van der Waals surface area contributed by atoms with Crippen molar-refractivity contribution in [3.05, 3.63) is 190 Å². The molecule has 0 saturated carbocycles. The molecular weight excluding hydrogens is 952 g/mol. The number of aryl methyl sites for hydroxylation is 1. The molecule has 2 aliphatic rings. The van der Waals surface area contributed by atoms with Gasteiger partial charge in [-0.3, -0.25) is 19.0 Å². The van der Waals surface area contributed by atoms with Crippen molar-refractivity contribution in [2.75, 3.05) is 42.2 Å². The fourth-order valence-electron chi connectivity index (χ4n) is 8.77. The Bertz CT molecular complexity index is 3140. The zero-order valence-corrected chi connectivity index (χ0v) is 41.9. The van der Waals surface area contributed by atoms with Crippen molar-refractivity contribution in [2.45, 2.75) is 74.9 Å². The number of nitrogens with one attached hydrogen (secondary N) is 2. The number of halogens is 1. The minimum atomic E-state index is -3.83. The van der Waals surface area contributed by atoms with E-state index in [2.05, 4.69) is 28.5 Å². The van der Waals surface area contributed by atoms with Gasteiger partial charge in [0.1, 0.15) is 11.6 Å². The third-order valence-electron chi connectivity index (χ3n) is 12.9. The van der Waals surface area contributed by atoms with Crippen LogP contribution in [0.3, 0.4) is 0 Å². The van der Waals surface area contributed by atoms with Crippen LogP contribution < -0.4 is 14.2 Å². The number of anilines is 2. The Kier molecular flexibility index (Phi) is 17.5. The van der Waals surface area contributed by atoms with Crippen LogP contribution in [0.25, 0.3) is 0 Å². The number of piperidine rings is 2. The normalized spacial score (nSPS) is 14.2. The molecule has 16 heteroatoms. The summed E-state index contributed by atoms with van der Waals surface area (Å²) in [6.07, 6.45) is 5.08. The van der Waals surface area contributed by atoms with Crippen molar-refractivity contribution in [2.24, 2.45) is 0 Å². The molecule has 2 aliphatic heterocycles. The molecule has 2 N–H and O–H groups in total. The number of amides is 2. The van der Waals surface area contributed by atoms with Crippen molar-refractivity contribution >= 4 is 43.2 Å². The Labute approximate surface area is 422 Å². The third kappa shape index (κ3) is 13.9. The lowest BCUT2D eigenvalue weighted by atomic mass is 9.88. The molecule has 72 heavy (non-hydrogen) atoms. The summed E-state index contributed by atoms with van der Waals surface area (Å²) in [6, 6.07) is 43.1. The van der Waals surface area contributed by atoms with Crippen LogP contribution >= 0.6 is 0 Å². The highest BCUT2D eigenvalue weighted by atomic mass is 32.2. The van der Waals surface area contributed by atoms with Crippen molar-refractivity contribution in [3.8, 4) is 17.9 Å². The number of hydrogen-bond donors (Lipinski definition) is 2. The van der Waals surface area contributed by atoms with Gasteiger partial charge >= 0.3 is 0 Å². The van der Waals surface area contributed by atoms with Crippen LogP contribution in [0, 0.1) is 35.4 Å². The molecule has 0 unspecified atom stereocenters. The standard InChI is InChI=1S/C30H33N3O4S.C26H24FN3O3S/c1-3-4-19-37-27-11-13-28(14-12-27)38(35,36)32-26-10-5-22(2)29(20-26)30(34)33-17-15-25(16-18-33)24-8-6-23(21-31)7-9-24;27-25-11-10-23(29-34(32,33)18-20-4-2-1-3-5-20)16-24(25)26(31)30-14-12-22(13-15-30)21-8-6-19(17-28)7-9-21/h5-14,20,25,32H,3-4,15-19H2,1-2H3;1-11,16,22,29H,12-15,18H2. The molecule has 0 atom stereocenters. The number of sulfonamides is 2. The fourth-order valence-corrected chi connectivity index (χ4v) is 11.0. The van der Waals surface area contributed by atoms with Crippen molar-refractivity contribution in [1.82, 2.24) is 9.80 Å². The quantitative estimate of drug-likeness (QED) is 0.0943. The Balaban J connectivity index is 0.000000213. The smallest absolute Gasteiger partial charge is 0.261 e. The van der Waals surface area contributed by atoms with Crippen molar-refractivity contribution in [3.63, 3.8) is 0 Å². The van der Waals surface area contributed by atoms with Crippen LogP contribution in [-0.4, -0.2) is 71.2 Å². The van der Waals surface area contributed by atoms with E-state index in [1.807, 2.05) is 48.2 Å². The second-order valence-electron chi connectivity index (χ2n) is 18.0. The SMILES string of the molecule is CCCCOc1ccc(S(=O)(=O)Nc2ccc(C)c(C(=O)N3CCC(c4ccc(C#N)cc4)CC3)c2)cc1.N#Cc1ccc(C2CCN(C(=O)c3cc(NS(=O)(=O)Cc4ccccc4)ccc3F)CC2)cc1. The summed E-state index contributed by atoms with van der Waals surface area (Å²) in [5, 5.41) is 18.0. The molecule has 372 valence electrons.